The molecular formula is C20H19N5O. The van der Waals surface area contributed by atoms with Crippen LogP contribution in [0.5, 0.6) is 0 Å². The summed E-state index contributed by atoms with van der Waals surface area (Å²) in [5.41, 5.74) is 4.22. The van der Waals surface area contributed by atoms with Crippen LogP contribution in [0.25, 0.3) is 16.6 Å². The quantitative estimate of drug-likeness (QED) is 0.613. The van der Waals surface area contributed by atoms with E-state index < -0.39 is 0 Å². The first-order valence-corrected chi connectivity index (χ1v) is 8.53. The van der Waals surface area contributed by atoms with Gasteiger partial charge in [0.05, 0.1) is 23.1 Å². The molecule has 0 fully saturated rings. The van der Waals surface area contributed by atoms with Gasteiger partial charge in [-0.1, -0.05) is 0 Å². The highest BCUT2D eigenvalue weighted by atomic mass is 16.2. The number of carbonyl (C=O) groups excluding carboxylic acids is 1. The van der Waals surface area contributed by atoms with Gasteiger partial charge < -0.3 is 9.88 Å². The standard InChI is InChI=1S/C20H19N5O/c1-3-24(17-4-5-19-15(12-17)6-11-22-19)20(26)18-13-23-25(14(18)2)16-7-9-21-10-8-16/h4-13,22H,3H2,1-2H3. The maximum atomic E-state index is 13.2. The van der Waals surface area contributed by atoms with Gasteiger partial charge in [-0.3, -0.25) is 9.78 Å². The number of aromatic nitrogens is 4. The normalized spacial score (nSPS) is 11.0. The van der Waals surface area contributed by atoms with E-state index in [9.17, 15) is 4.79 Å². The summed E-state index contributed by atoms with van der Waals surface area (Å²) < 4.78 is 1.76. The molecule has 26 heavy (non-hydrogen) atoms. The average molecular weight is 345 g/mol. The maximum absolute atomic E-state index is 13.2. The molecule has 1 aromatic carbocycles. The van der Waals surface area contributed by atoms with Crippen molar-refractivity contribution in [3.63, 3.8) is 0 Å². The minimum Gasteiger partial charge on any atom is -0.361 e. The molecule has 6 heteroatoms. The molecule has 4 rings (SSSR count). The third-order valence-electron chi connectivity index (χ3n) is 4.56. The van der Waals surface area contributed by atoms with Crippen molar-refractivity contribution < 1.29 is 4.79 Å². The number of nitrogens with one attached hydrogen (secondary N) is 1. The highest BCUT2D eigenvalue weighted by Gasteiger charge is 2.21. The van der Waals surface area contributed by atoms with Crippen molar-refractivity contribution in [2.45, 2.75) is 13.8 Å². The van der Waals surface area contributed by atoms with Crippen molar-refractivity contribution in [2.75, 3.05) is 11.4 Å². The summed E-state index contributed by atoms with van der Waals surface area (Å²) in [6.07, 6.45) is 6.95. The number of hydrogen-bond donors (Lipinski definition) is 1. The second-order valence-corrected chi connectivity index (χ2v) is 6.06. The fraction of sp³-hybridized carbons (Fsp3) is 0.150. The second kappa shape index (κ2) is 6.48. The van der Waals surface area contributed by atoms with Crippen LogP contribution < -0.4 is 4.90 Å². The minimum atomic E-state index is -0.0554. The Kier molecular flexibility index (Phi) is 4.01. The van der Waals surface area contributed by atoms with Crippen molar-refractivity contribution in [1.29, 1.82) is 0 Å². The van der Waals surface area contributed by atoms with Gasteiger partial charge >= 0.3 is 0 Å². The van der Waals surface area contributed by atoms with Gasteiger partial charge in [-0.05, 0) is 50.2 Å². The molecule has 0 atom stereocenters. The summed E-state index contributed by atoms with van der Waals surface area (Å²) in [4.78, 5) is 22.1. The van der Waals surface area contributed by atoms with Crippen molar-refractivity contribution in [1.82, 2.24) is 19.7 Å². The lowest BCUT2D eigenvalue weighted by atomic mass is 10.1. The van der Waals surface area contributed by atoms with Crippen LogP contribution in [0.1, 0.15) is 23.0 Å². The molecule has 0 bridgehead atoms. The third kappa shape index (κ3) is 2.65. The average Bonchev–Trinajstić information content (AvgIpc) is 3.29. The summed E-state index contributed by atoms with van der Waals surface area (Å²) in [5, 5.41) is 5.48. The molecular weight excluding hydrogens is 326 g/mol. The SMILES string of the molecule is CCN(C(=O)c1cnn(-c2ccncc2)c1C)c1ccc2[nH]ccc2c1. The van der Waals surface area contributed by atoms with Crippen LogP contribution in [-0.4, -0.2) is 32.2 Å². The summed E-state index contributed by atoms with van der Waals surface area (Å²) in [5.74, 6) is -0.0554. The summed E-state index contributed by atoms with van der Waals surface area (Å²) in [7, 11) is 0. The van der Waals surface area contributed by atoms with E-state index in [0.29, 0.717) is 12.1 Å². The topological polar surface area (TPSA) is 66.8 Å². The number of benzene rings is 1. The van der Waals surface area contributed by atoms with Gasteiger partial charge in [0, 0.05) is 41.7 Å². The molecule has 1 amide bonds. The Bertz CT molecular complexity index is 1060. The molecule has 130 valence electrons. The van der Waals surface area contributed by atoms with Gasteiger partial charge in [0.1, 0.15) is 0 Å². The van der Waals surface area contributed by atoms with Crippen molar-refractivity contribution in [3.05, 3.63) is 72.4 Å². The molecule has 3 aromatic heterocycles. The van der Waals surface area contributed by atoms with Gasteiger partial charge in [0.2, 0.25) is 0 Å². The first-order chi connectivity index (χ1) is 12.7. The fourth-order valence-electron chi connectivity index (χ4n) is 3.16. The third-order valence-corrected chi connectivity index (χ3v) is 4.56. The first kappa shape index (κ1) is 16.1. The molecule has 3 heterocycles. The molecule has 0 spiro atoms. The van der Waals surface area contributed by atoms with Gasteiger partial charge in [0.25, 0.3) is 5.91 Å². The van der Waals surface area contributed by atoms with Crippen LogP contribution >= 0.6 is 0 Å². The number of hydrogen-bond acceptors (Lipinski definition) is 3. The van der Waals surface area contributed by atoms with Gasteiger partial charge in [-0.25, -0.2) is 4.68 Å². The maximum Gasteiger partial charge on any atom is 0.261 e. The van der Waals surface area contributed by atoms with Crippen molar-refractivity contribution in [2.24, 2.45) is 0 Å². The number of H-pyrrole nitrogens is 1. The van der Waals surface area contributed by atoms with E-state index in [-0.39, 0.29) is 5.91 Å². The predicted octanol–water partition coefficient (Wildman–Crippen LogP) is 3.72. The van der Waals surface area contributed by atoms with Crippen LogP contribution in [0.4, 0.5) is 5.69 Å². The first-order valence-electron chi connectivity index (χ1n) is 8.53. The van der Waals surface area contributed by atoms with Gasteiger partial charge in [-0.2, -0.15) is 5.10 Å². The van der Waals surface area contributed by atoms with Gasteiger partial charge in [-0.15, -0.1) is 0 Å². The monoisotopic (exact) mass is 345 g/mol. The second-order valence-electron chi connectivity index (χ2n) is 6.06. The molecule has 0 saturated heterocycles. The minimum absolute atomic E-state index is 0.0554. The van der Waals surface area contributed by atoms with Crippen LogP contribution in [0.3, 0.4) is 0 Å². The van der Waals surface area contributed by atoms with Gasteiger partial charge in [0.15, 0.2) is 0 Å². The largest absolute Gasteiger partial charge is 0.361 e. The lowest BCUT2D eigenvalue weighted by Gasteiger charge is -2.21. The summed E-state index contributed by atoms with van der Waals surface area (Å²) >= 11 is 0. The molecule has 0 aliphatic rings. The Morgan fingerprint density at radius 1 is 1.19 bits per heavy atom. The van der Waals surface area contributed by atoms with E-state index in [0.717, 1.165) is 28.0 Å². The Hall–Kier alpha value is -3.41. The molecule has 0 radical (unpaired) electrons. The van der Waals surface area contributed by atoms with Crippen LogP contribution in [0.15, 0.2) is 61.2 Å². The number of carbonyl (C=O) groups is 1. The Balaban J connectivity index is 1.70. The fourth-order valence-corrected chi connectivity index (χ4v) is 3.16. The number of amides is 1. The molecule has 4 aromatic rings. The molecule has 0 saturated carbocycles. The van der Waals surface area contributed by atoms with Crippen LogP contribution in [0.2, 0.25) is 0 Å². The molecule has 0 aliphatic heterocycles. The van der Waals surface area contributed by atoms with Crippen LogP contribution in [0, 0.1) is 6.92 Å². The molecule has 1 N–H and O–H groups in total. The number of pyridine rings is 1. The van der Waals surface area contributed by atoms with Crippen LogP contribution in [-0.2, 0) is 0 Å². The zero-order valence-corrected chi connectivity index (χ0v) is 14.7. The zero-order chi connectivity index (χ0) is 18.1. The Morgan fingerprint density at radius 2 is 2.00 bits per heavy atom. The Morgan fingerprint density at radius 3 is 2.77 bits per heavy atom. The number of fused-ring (bicyclic) bond motifs is 1. The highest BCUT2D eigenvalue weighted by Crippen LogP contribution is 2.24. The van der Waals surface area contributed by atoms with Crippen molar-refractivity contribution in [3.8, 4) is 5.69 Å². The number of nitrogens with zero attached hydrogens (tertiary/aromatic N) is 4. The highest BCUT2D eigenvalue weighted by molar-refractivity contribution is 6.07. The van der Waals surface area contributed by atoms with E-state index >= 15 is 0 Å². The van der Waals surface area contributed by atoms with E-state index in [1.807, 2.05) is 56.4 Å². The van der Waals surface area contributed by atoms with E-state index in [4.69, 9.17) is 0 Å². The number of rotatable bonds is 4. The van der Waals surface area contributed by atoms with E-state index in [1.54, 1.807) is 28.2 Å². The molecule has 0 aliphatic carbocycles. The summed E-state index contributed by atoms with van der Waals surface area (Å²) in [6, 6.07) is 11.7. The smallest absolute Gasteiger partial charge is 0.261 e. The van der Waals surface area contributed by atoms with Crippen molar-refractivity contribution >= 4 is 22.5 Å². The van der Waals surface area contributed by atoms with E-state index in [1.165, 1.54) is 0 Å². The lowest BCUT2D eigenvalue weighted by Crippen LogP contribution is -2.30. The van der Waals surface area contributed by atoms with E-state index in [2.05, 4.69) is 15.1 Å². The molecule has 0 unspecified atom stereocenters. The Labute approximate surface area is 151 Å². The summed E-state index contributed by atoms with van der Waals surface area (Å²) in [6.45, 7) is 4.46. The predicted molar refractivity (Wildman–Crippen MR) is 102 cm³/mol. The molecule has 6 nitrogen and oxygen atoms in total. The lowest BCUT2D eigenvalue weighted by molar-refractivity contribution is 0.0987. The number of anilines is 1. The zero-order valence-electron chi connectivity index (χ0n) is 14.7. The number of aromatic amines is 1.